The van der Waals surface area contributed by atoms with E-state index in [1.54, 1.807) is 13.2 Å². The van der Waals surface area contributed by atoms with Crippen molar-refractivity contribution in [3.8, 4) is 11.5 Å². The summed E-state index contributed by atoms with van der Waals surface area (Å²) in [6.45, 7) is 2.61. The number of phenolic OH excluding ortho intramolecular Hbond substituents is 1. The third kappa shape index (κ3) is 2.39. The molecule has 0 spiro atoms. The van der Waals surface area contributed by atoms with Gasteiger partial charge in [0.25, 0.3) is 0 Å². The number of benzene rings is 1. The average Bonchev–Trinajstić information content (AvgIpc) is 2.18. The lowest BCUT2D eigenvalue weighted by Gasteiger charge is -2.09. The molecule has 1 aromatic carbocycles. The Morgan fingerprint density at radius 3 is 2.71 bits per heavy atom. The van der Waals surface area contributed by atoms with Gasteiger partial charge in [0, 0.05) is 6.07 Å². The number of phenols is 1. The molecule has 0 aliphatic carbocycles. The zero-order valence-electron chi connectivity index (χ0n) is 8.71. The molecule has 1 rings (SSSR count). The van der Waals surface area contributed by atoms with Gasteiger partial charge < -0.3 is 15.6 Å². The van der Waals surface area contributed by atoms with Gasteiger partial charge in [-0.3, -0.25) is 0 Å². The first-order valence-electron chi connectivity index (χ1n) is 4.75. The second kappa shape index (κ2) is 4.86. The highest BCUT2D eigenvalue weighted by molar-refractivity contribution is 5.45. The van der Waals surface area contributed by atoms with Crippen LogP contribution in [0.2, 0.25) is 0 Å². The lowest BCUT2D eigenvalue weighted by Crippen LogP contribution is -2.01. The monoisotopic (exact) mass is 195 g/mol. The van der Waals surface area contributed by atoms with Crippen molar-refractivity contribution in [1.29, 1.82) is 0 Å². The molecule has 3 heteroatoms. The van der Waals surface area contributed by atoms with Crippen LogP contribution in [0.5, 0.6) is 11.5 Å². The van der Waals surface area contributed by atoms with Crippen molar-refractivity contribution in [3.63, 3.8) is 0 Å². The van der Waals surface area contributed by atoms with Gasteiger partial charge in [0.1, 0.15) is 11.5 Å². The van der Waals surface area contributed by atoms with Crippen molar-refractivity contribution in [3.05, 3.63) is 23.3 Å². The summed E-state index contributed by atoms with van der Waals surface area (Å²) in [6, 6.07) is 3.60. The minimum Gasteiger partial charge on any atom is -0.508 e. The molecular formula is C11H17NO2. The molecule has 0 bridgehead atoms. The zero-order valence-corrected chi connectivity index (χ0v) is 8.71. The molecule has 0 saturated carbocycles. The van der Waals surface area contributed by atoms with E-state index in [0.29, 0.717) is 12.3 Å². The van der Waals surface area contributed by atoms with E-state index in [1.165, 1.54) is 0 Å². The van der Waals surface area contributed by atoms with E-state index in [4.69, 9.17) is 10.5 Å². The lowest BCUT2D eigenvalue weighted by molar-refractivity contribution is 0.403. The van der Waals surface area contributed by atoms with Crippen LogP contribution in [0.15, 0.2) is 12.1 Å². The predicted molar refractivity (Wildman–Crippen MR) is 56.8 cm³/mol. The van der Waals surface area contributed by atoms with E-state index in [-0.39, 0.29) is 0 Å². The third-order valence-electron chi connectivity index (χ3n) is 2.25. The Labute approximate surface area is 84.5 Å². The SMILES string of the molecule is COc1cc(O)c(CCCN)cc1C. The van der Waals surface area contributed by atoms with Gasteiger partial charge in [-0.15, -0.1) is 0 Å². The number of hydrogen-bond donors (Lipinski definition) is 2. The smallest absolute Gasteiger partial charge is 0.125 e. The van der Waals surface area contributed by atoms with Gasteiger partial charge in [0.15, 0.2) is 0 Å². The molecule has 3 N–H and O–H groups in total. The molecule has 0 fully saturated rings. The minimum atomic E-state index is 0.293. The standard InChI is InChI=1S/C11H17NO2/c1-8-6-9(4-3-5-12)10(13)7-11(8)14-2/h6-7,13H,3-5,12H2,1-2H3. The van der Waals surface area contributed by atoms with E-state index in [0.717, 1.165) is 29.7 Å². The fourth-order valence-corrected chi connectivity index (χ4v) is 1.45. The van der Waals surface area contributed by atoms with Crippen LogP contribution in [0.4, 0.5) is 0 Å². The highest BCUT2D eigenvalue weighted by Crippen LogP contribution is 2.28. The topological polar surface area (TPSA) is 55.5 Å². The summed E-state index contributed by atoms with van der Waals surface area (Å²) in [7, 11) is 1.60. The molecule has 0 amide bonds. The molecule has 0 radical (unpaired) electrons. The van der Waals surface area contributed by atoms with Crippen LogP contribution in [0, 0.1) is 6.92 Å². The van der Waals surface area contributed by atoms with Gasteiger partial charge in [-0.2, -0.15) is 0 Å². The van der Waals surface area contributed by atoms with Crippen molar-refractivity contribution in [2.24, 2.45) is 5.73 Å². The van der Waals surface area contributed by atoms with Crippen LogP contribution in [-0.2, 0) is 6.42 Å². The Kier molecular flexibility index (Phi) is 3.77. The van der Waals surface area contributed by atoms with E-state index >= 15 is 0 Å². The Balaban J connectivity index is 2.90. The van der Waals surface area contributed by atoms with E-state index < -0.39 is 0 Å². The number of ether oxygens (including phenoxy) is 1. The number of hydrogen-bond acceptors (Lipinski definition) is 3. The summed E-state index contributed by atoms with van der Waals surface area (Å²) < 4.78 is 5.10. The maximum atomic E-state index is 9.65. The van der Waals surface area contributed by atoms with Crippen molar-refractivity contribution >= 4 is 0 Å². The van der Waals surface area contributed by atoms with Gasteiger partial charge in [-0.1, -0.05) is 0 Å². The first kappa shape index (κ1) is 10.9. The Hall–Kier alpha value is -1.22. The van der Waals surface area contributed by atoms with Crippen molar-refractivity contribution in [2.75, 3.05) is 13.7 Å². The number of nitrogens with two attached hydrogens (primary N) is 1. The van der Waals surface area contributed by atoms with Crippen LogP contribution in [0.25, 0.3) is 0 Å². The first-order valence-corrected chi connectivity index (χ1v) is 4.75. The zero-order chi connectivity index (χ0) is 10.6. The maximum absolute atomic E-state index is 9.65. The molecule has 78 valence electrons. The van der Waals surface area contributed by atoms with Gasteiger partial charge in [-0.05, 0) is 43.5 Å². The van der Waals surface area contributed by atoms with Gasteiger partial charge in [0.2, 0.25) is 0 Å². The van der Waals surface area contributed by atoms with Crippen LogP contribution in [0.3, 0.4) is 0 Å². The largest absolute Gasteiger partial charge is 0.508 e. The normalized spacial score (nSPS) is 10.2. The molecular weight excluding hydrogens is 178 g/mol. The van der Waals surface area contributed by atoms with Crippen molar-refractivity contribution < 1.29 is 9.84 Å². The Morgan fingerprint density at radius 2 is 2.14 bits per heavy atom. The summed E-state index contributed by atoms with van der Waals surface area (Å²) in [6.07, 6.45) is 1.70. The molecule has 0 heterocycles. The van der Waals surface area contributed by atoms with Gasteiger partial charge >= 0.3 is 0 Å². The van der Waals surface area contributed by atoms with Gasteiger partial charge in [-0.25, -0.2) is 0 Å². The molecule has 0 aromatic heterocycles. The molecule has 0 unspecified atom stereocenters. The highest BCUT2D eigenvalue weighted by Gasteiger charge is 2.06. The first-order chi connectivity index (χ1) is 6.69. The summed E-state index contributed by atoms with van der Waals surface area (Å²) >= 11 is 0. The second-order valence-corrected chi connectivity index (χ2v) is 3.34. The Bertz CT molecular complexity index is 310. The van der Waals surface area contributed by atoms with Crippen LogP contribution >= 0.6 is 0 Å². The molecule has 0 saturated heterocycles. The van der Waals surface area contributed by atoms with E-state index in [1.807, 2.05) is 13.0 Å². The second-order valence-electron chi connectivity index (χ2n) is 3.34. The maximum Gasteiger partial charge on any atom is 0.125 e. The fourth-order valence-electron chi connectivity index (χ4n) is 1.45. The van der Waals surface area contributed by atoms with Gasteiger partial charge in [0.05, 0.1) is 7.11 Å². The van der Waals surface area contributed by atoms with E-state index in [2.05, 4.69) is 0 Å². The number of aromatic hydroxyl groups is 1. The number of methoxy groups -OCH3 is 1. The predicted octanol–water partition coefficient (Wildman–Crippen LogP) is 1.60. The average molecular weight is 195 g/mol. The van der Waals surface area contributed by atoms with Crippen LogP contribution < -0.4 is 10.5 Å². The molecule has 0 aliphatic heterocycles. The van der Waals surface area contributed by atoms with Crippen molar-refractivity contribution in [1.82, 2.24) is 0 Å². The Morgan fingerprint density at radius 1 is 1.43 bits per heavy atom. The lowest BCUT2D eigenvalue weighted by atomic mass is 10.0. The minimum absolute atomic E-state index is 0.293. The quantitative estimate of drug-likeness (QED) is 0.767. The summed E-state index contributed by atoms with van der Waals surface area (Å²) in [5.74, 6) is 1.01. The number of aryl methyl sites for hydroxylation is 2. The molecule has 14 heavy (non-hydrogen) atoms. The summed E-state index contributed by atoms with van der Waals surface area (Å²) in [5, 5.41) is 9.65. The van der Waals surface area contributed by atoms with E-state index in [9.17, 15) is 5.11 Å². The summed E-state index contributed by atoms with van der Waals surface area (Å²) in [4.78, 5) is 0. The van der Waals surface area contributed by atoms with Crippen LogP contribution in [0.1, 0.15) is 17.5 Å². The van der Waals surface area contributed by atoms with Crippen molar-refractivity contribution in [2.45, 2.75) is 19.8 Å². The highest BCUT2D eigenvalue weighted by atomic mass is 16.5. The molecule has 0 aliphatic rings. The fraction of sp³-hybridized carbons (Fsp3) is 0.455. The third-order valence-corrected chi connectivity index (χ3v) is 2.25. The van der Waals surface area contributed by atoms with Crippen LogP contribution in [-0.4, -0.2) is 18.8 Å². The number of rotatable bonds is 4. The molecule has 1 aromatic rings. The summed E-state index contributed by atoms with van der Waals surface area (Å²) in [5.41, 5.74) is 7.39. The molecule has 0 atom stereocenters. The molecule has 3 nitrogen and oxygen atoms in total.